The van der Waals surface area contributed by atoms with Crippen LogP contribution in [0.25, 0.3) is 0 Å². The normalized spacial score (nSPS) is 18.1. The highest BCUT2D eigenvalue weighted by atomic mass is 16.1. The van der Waals surface area contributed by atoms with E-state index in [1.165, 1.54) is 0 Å². The molecule has 0 saturated heterocycles. The van der Waals surface area contributed by atoms with E-state index < -0.39 is 0 Å². The molecule has 1 aliphatic heterocycles. The molecule has 3 nitrogen and oxygen atoms in total. The Morgan fingerprint density at radius 2 is 2.07 bits per heavy atom. The van der Waals surface area contributed by atoms with E-state index in [0.717, 1.165) is 16.8 Å². The third-order valence-corrected chi connectivity index (χ3v) is 2.38. The molecule has 3 N–H and O–H groups in total. The lowest BCUT2D eigenvalue weighted by molar-refractivity contribution is -0.115. The Bertz CT molecular complexity index is 407. The van der Waals surface area contributed by atoms with E-state index in [0.29, 0.717) is 11.3 Å². The molecule has 0 radical (unpaired) electrons. The van der Waals surface area contributed by atoms with Gasteiger partial charge in [0.2, 0.25) is 0 Å². The molecule has 0 aromatic heterocycles. The molecular formula is C12H16N2O. The summed E-state index contributed by atoms with van der Waals surface area (Å²) < 4.78 is 0. The quantitative estimate of drug-likeness (QED) is 0.720. The maximum absolute atomic E-state index is 11.4. The van der Waals surface area contributed by atoms with Crippen LogP contribution in [-0.4, -0.2) is 5.91 Å². The smallest absolute Gasteiger partial charge is 0.255 e. The number of hydrogen-bond acceptors (Lipinski definition) is 2. The highest BCUT2D eigenvalue weighted by molar-refractivity contribution is 6.02. The van der Waals surface area contributed by atoms with Gasteiger partial charge in [0, 0.05) is 17.0 Å². The minimum atomic E-state index is -0.115. The highest BCUT2D eigenvalue weighted by Crippen LogP contribution is 2.21. The first-order valence-electron chi connectivity index (χ1n) is 4.77. The van der Waals surface area contributed by atoms with Crippen LogP contribution < -0.4 is 11.1 Å². The van der Waals surface area contributed by atoms with E-state index >= 15 is 0 Å². The summed E-state index contributed by atoms with van der Waals surface area (Å²) in [6.07, 6.45) is 3.34. The average molecular weight is 204 g/mol. The van der Waals surface area contributed by atoms with Crippen LogP contribution in [-0.2, 0) is 4.79 Å². The predicted octanol–water partition coefficient (Wildman–Crippen LogP) is 1.76. The van der Waals surface area contributed by atoms with Gasteiger partial charge in [-0.15, -0.1) is 0 Å². The van der Waals surface area contributed by atoms with E-state index in [1.54, 1.807) is 12.2 Å². The van der Waals surface area contributed by atoms with Gasteiger partial charge in [-0.1, -0.05) is 18.2 Å². The molecule has 0 aliphatic carbocycles. The molecule has 0 spiro atoms. The van der Waals surface area contributed by atoms with Gasteiger partial charge in [-0.2, -0.15) is 0 Å². The zero-order valence-electron chi connectivity index (χ0n) is 9.35. The van der Waals surface area contributed by atoms with Crippen LogP contribution >= 0.6 is 0 Å². The molecule has 3 heteroatoms. The number of nitrogens with one attached hydrogen (secondary N) is 1. The zero-order chi connectivity index (χ0) is 11.6. The number of rotatable bonds is 2. The van der Waals surface area contributed by atoms with Crippen molar-refractivity contribution in [2.24, 2.45) is 5.73 Å². The Hall–Kier alpha value is -1.77. The van der Waals surface area contributed by atoms with Crippen LogP contribution in [0.4, 0.5) is 0 Å². The van der Waals surface area contributed by atoms with E-state index in [9.17, 15) is 4.79 Å². The number of nitrogens with two attached hydrogens (primary N) is 1. The number of carbonyl (C=O) groups is 1. The minimum Gasteiger partial charge on any atom is -0.399 e. The van der Waals surface area contributed by atoms with Gasteiger partial charge in [-0.25, -0.2) is 0 Å². The molecule has 1 amide bonds. The van der Waals surface area contributed by atoms with Crippen LogP contribution in [0, 0.1) is 0 Å². The molecule has 15 heavy (non-hydrogen) atoms. The molecule has 0 aromatic carbocycles. The van der Waals surface area contributed by atoms with Crippen LogP contribution in [0.5, 0.6) is 0 Å². The summed E-state index contributed by atoms with van der Waals surface area (Å²) in [5, 5.41) is 2.75. The van der Waals surface area contributed by atoms with Crippen LogP contribution in [0.1, 0.15) is 20.8 Å². The number of amides is 1. The van der Waals surface area contributed by atoms with Gasteiger partial charge >= 0.3 is 0 Å². The third-order valence-electron chi connectivity index (χ3n) is 2.38. The Balaban J connectivity index is 3.14. The van der Waals surface area contributed by atoms with Crippen LogP contribution in [0.3, 0.4) is 0 Å². The lowest BCUT2D eigenvalue weighted by Crippen LogP contribution is -2.16. The summed E-state index contributed by atoms with van der Waals surface area (Å²) in [5.74, 6) is -0.115. The van der Waals surface area contributed by atoms with E-state index in [2.05, 4.69) is 11.9 Å². The predicted molar refractivity (Wildman–Crippen MR) is 61.7 cm³/mol. The van der Waals surface area contributed by atoms with Crippen LogP contribution in [0.2, 0.25) is 0 Å². The Morgan fingerprint density at radius 1 is 1.47 bits per heavy atom. The maximum Gasteiger partial charge on any atom is 0.255 e. The van der Waals surface area contributed by atoms with Gasteiger partial charge in [0.15, 0.2) is 0 Å². The SMILES string of the molecule is C=CC1=C(C)/C(=C/C(N)=C(C)C)NC1=O. The second kappa shape index (κ2) is 4.17. The fourth-order valence-electron chi connectivity index (χ4n) is 1.29. The van der Waals surface area contributed by atoms with Gasteiger partial charge in [0.25, 0.3) is 5.91 Å². The minimum absolute atomic E-state index is 0.115. The first kappa shape index (κ1) is 11.3. The van der Waals surface area contributed by atoms with Crippen molar-refractivity contribution in [3.63, 3.8) is 0 Å². The van der Waals surface area contributed by atoms with Gasteiger partial charge in [-0.3, -0.25) is 4.79 Å². The number of carbonyl (C=O) groups excluding carboxylic acids is 1. The maximum atomic E-state index is 11.4. The molecule has 1 aliphatic rings. The summed E-state index contributed by atoms with van der Waals surface area (Å²) in [6, 6.07) is 0. The van der Waals surface area contributed by atoms with Crippen LogP contribution in [0.15, 0.2) is 46.8 Å². The highest BCUT2D eigenvalue weighted by Gasteiger charge is 2.21. The molecule has 1 rings (SSSR count). The lowest BCUT2D eigenvalue weighted by atomic mass is 10.1. The van der Waals surface area contributed by atoms with Crippen molar-refractivity contribution in [1.29, 1.82) is 0 Å². The van der Waals surface area contributed by atoms with Crippen molar-refractivity contribution in [3.05, 3.63) is 46.8 Å². The summed E-state index contributed by atoms with van der Waals surface area (Å²) in [7, 11) is 0. The molecular weight excluding hydrogens is 188 g/mol. The second-order valence-corrected chi connectivity index (χ2v) is 3.71. The molecule has 1 heterocycles. The molecule has 0 atom stereocenters. The second-order valence-electron chi connectivity index (χ2n) is 3.71. The number of hydrogen-bond donors (Lipinski definition) is 2. The van der Waals surface area contributed by atoms with Crippen molar-refractivity contribution in [3.8, 4) is 0 Å². The van der Waals surface area contributed by atoms with Crippen molar-refractivity contribution >= 4 is 5.91 Å². The Labute approximate surface area is 90.0 Å². The molecule has 0 aromatic rings. The van der Waals surface area contributed by atoms with Gasteiger partial charge in [-0.05, 0) is 32.4 Å². The standard InChI is InChI=1S/C12H16N2O/c1-5-9-8(4)11(14-12(9)15)6-10(13)7(2)3/h5-6H,1,13H2,2-4H3,(H,14,15)/b11-6-. The zero-order valence-corrected chi connectivity index (χ0v) is 9.35. The fraction of sp³-hybridized carbons (Fsp3) is 0.250. The summed E-state index contributed by atoms with van der Waals surface area (Å²) >= 11 is 0. The van der Waals surface area contributed by atoms with Crippen molar-refractivity contribution < 1.29 is 4.79 Å². The van der Waals surface area contributed by atoms with Crippen molar-refractivity contribution in [1.82, 2.24) is 5.32 Å². The first-order valence-corrected chi connectivity index (χ1v) is 4.77. The summed E-state index contributed by atoms with van der Waals surface area (Å²) in [6.45, 7) is 9.33. The molecule has 80 valence electrons. The van der Waals surface area contributed by atoms with E-state index in [4.69, 9.17) is 5.73 Å². The van der Waals surface area contributed by atoms with Crippen molar-refractivity contribution in [2.75, 3.05) is 0 Å². The summed E-state index contributed by atoms with van der Waals surface area (Å²) in [5.41, 5.74) is 9.75. The Kier molecular flexibility index (Phi) is 3.14. The lowest BCUT2D eigenvalue weighted by Gasteiger charge is -2.02. The topological polar surface area (TPSA) is 55.1 Å². The fourth-order valence-corrected chi connectivity index (χ4v) is 1.29. The Morgan fingerprint density at radius 3 is 2.47 bits per heavy atom. The molecule has 0 bridgehead atoms. The van der Waals surface area contributed by atoms with E-state index in [-0.39, 0.29) is 5.91 Å². The van der Waals surface area contributed by atoms with Gasteiger partial charge < -0.3 is 11.1 Å². The van der Waals surface area contributed by atoms with Gasteiger partial charge in [0.1, 0.15) is 0 Å². The first-order chi connectivity index (χ1) is 6.97. The molecule has 0 unspecified atom stereocenters. The average Bonchev–Trinajstić information content (AvgIpc) is 2.41. The summed E-state index contributed by atoms with van der Waals surface area (Å²) in [4.78, 5) is 11.4. The number of allylic oxidation sites excluding steroid dienone is 3. The largest absolute Gasteiger partial charge is 0.399 e. The molecule has 0 fully saturated rings. The monoisotopic (exact) mass is 204 g/mol. The van der Waals surface area contributed by atoms with Crippen molar-refractivity contribution in [2.45, 2.75) is 20.8 Å². The third kappa shape index (κ3) is 2.18. The van der Waals surface area contributed by atoms with Gasteiger partial charge in [0.05, 0.1) is 0 Å². The van der Waals surface area contributed by atoms with E-state index in [1.807, 2.05) is 20.8 Å². The molecule has 0 saturated carbocycles.